The van der Waals surface area contributed by atoms with Crippen molar-refractivity contribution in [3.05, 3.63) is 48.4 Å². The van der Waals surface area contributed by atoms with Crippen molar-refractivity contribution in [1.29, 1.82) is 0 Å². The molecule has 114 valence electrons. The Balaban J connectivity index is 1.70. The summed E-state index contributed by atoms with van der Waals surface area (Å²) in [6, 6.07) is 9.08. The molecule has 7 nitrogen and oxygen atoms in total. The molecule has 8 heteroatoms. The number of aromatic amines is 1. The summed E-state index contributed by atoms with van der Waals surface area (Å²) in [7, 11) is -3.25. The molecule has 0 bridgehead atoms. The van der Waals surface area contributed by atoms with Crippen molar-refractivity contribution in [3.63, 3.8) is 0 Å². The third-order valence-electron chi connectivity index (χ3n) is 3.07. The predicted octanol–water partition coefficient (Wildman–Crippen LogP) is 1.94. The zero-order valence-corrected chi connectivity index (χ0v) is 12.7. The number of nitrogens with zero attached hydrogens (tertiary/aromatic N) is 2. The van der Waals surface area contributed by atoms with Gasteiger partial charge in [0, 0.05) is 18.4 Å². The van der Waals surface area contributed by atoms with Crippen molar-refractivity contribution in [2.24, 2.45) is 0 Å². The van der Waals surface area contributed by atoms with Gasteiger partial charge < -0.3 is 10.3 Å². The third kappa shape index (κ3) is 3.34. The highest BCUT2D eigenvalue weighted by Crippen LogP contribution is 2.18. The predicted molar refractivity (Wildman–Crippen MR) is 86.1 cm³/mol. The van der Waals surface area contributed by atoms with Crippen LogP contribution in [0.3, 0.4) is 0 Å². The first-order valence-electron chi connectivity index (χ1n) is 6.60. The number of H-pyrrole nitrogens is 1. The van der Waals surface area contributed by atoms with E-state index in [-0.39, 0.29) is 0 Å². The fourth-order valence-electron chi connectivity index (χ4n) is 2.10. The fraction of sp³-hybridized carbons (Fsp3) is 0.143. The van der Waals surface area contributed by atoms with Crippen LogP contribution in [0.2, 0.25) is 0 Å². The SMILES string of the molecule is CS(=O)(=O)Nc1ccc(CNc2ncnc3[nH]ccc23)cc1. The van der Waals surface area contributed by atoms with Gasteiger partial charge in [0.05, 0.1) is 11.6 Å². The van der Waals surface area contributed by atoms with Gasteiger partial charge in [-0.1, -0.05) is 12.1 Å². The summed E-state index contributed by atoms with van der Waals surface area (Å²) in [5, 5.41) is 4.18. The minimum Gasteiger partial charge on any atom is -0.365 e. The molecule has 0 saturated carbocycles. The van der Waals surface area contributed by atoms with E-state index in [2.05, 4.69) is 25.0 Å². The summed E-state index contributed by atoms with van der Waals surface area (Å²) >= 11 is 0. The number of benzene rings is 1. The molecule has 3 N–H and O–H groups in total. The zero-order valence-electron chi connectivity index (χ0n) is 11.9. The smallest absolute Gasteiger partial charge is 0.229 e. The van der Waals surface area contributed by atoms with Gasteiger partial charge in [-0.15, -0.1) is 0 Å². The molecule has 22 heavy (non-hydrogen) atoms. The Labute approximate surface area is 127 Å². The summed E-state index contributed by atoms with van der Waals surface area (Å²) in [6.07, 6.45) is 4.44. The van der Waals surface area contributed by atoms with E-state index in [1.54, 1.807) is 12.1 Å². The molecular weight excluding hydrogens is 302 g/mol. The summed E-state index contributed by atoms with van der Waals surface area (Å²) in [6.45, 7) is 0.580. The molecule has 0 unspecified atom stereocenters. The van der Waals surface area contributed by atoms with Crippen LogP contribution in [-0.4, -0.2) is 29.6 Å². The molecule has 2 heterocycles. The van der Waals surface area contributed by atoms with Gasteiger partial charge >= 0.3 is 0 Å². The Kier molecular flexibility index (Phi) is 3.68. The largest absolute Gasteiger partial charge is 0.365 e. The summed E-state index contributed by atoms with van der Waals surface area (Å²) in [5.41, 5.74) is 2.34. The van der Waals surface area contributed by atoms with Crippen LogP contribution in [0.25, 0.3) is 11.0 Å². The molecule has 2 aromatic heterocycles. The number of fused-ring (bicyclic) bond motifs is 1. The second-order valence-electron chi connectivity index (χ2n) is 4.89. The molecule has 0 aliphatic carbocycles. The van der Waals surface area contributed by atoms with E-state index in [9.17, 15) is 8.42 Å². The fourth-order valence-corrected chi connectivity index (χ4v) is 2.67. The number of hydrogen-bond donors (Lipinski definition) is 3. The first-order valence-corrected chi connectivity index (χ1v) is 8.49. The van der Waals surface area contributed by atoms with Crippen molar-refractivity contribution in [3.8, 4) is 0 Å². The average molecular weight is 317 g/mol. The molecule has 3 rings (SSSR count). The van der Waals surface area contributed by atoms with Gasteiger partial charge in [-0.05, 0) is 23.8 Å². The number of sulfonamides is 1. The quantitative estimate of drug-likeness (QED) is 0.668. The highest BCUT2D eigenvalue weighted by Gasteiger charge is 2.05. The van der Waals surface area contributed by atoms with Crippen LogP contribution in [0.4, 0.5) is 11.5 Å². The standard InChI is InChI=1S/C14H15N5O2S/c1-22(20,21)19-11-4-2-10(3-5-11)8-16-14-12-6-7-15-13(12)17-9-18-14/h2-7,9,19H,8H2,1H3,(H2,15,16,17,18). The van der Waals surface area contributed by atoms with E-state index >= 15 is 0 Å². The molecule has 0 atom stereocenters. The molecule has 0 saturated heterocycles. The average Bonchev–Trinajstić information content (AvgIpc) is 2.94. The minimum atomic E-state index is -3.25. The van der Waals surface area contributed by atoms with Gasteiger partial charge in [0.2, 0.25) is 10.0 Å². The molecule has 1 aromatic carbocycles. The van der Waals surface area contributed by atoms with Gasteiger partial charge in [-0.3, -0.25) is 4.72 Å². The Morgan fingerprint density at radius 1 is 1.14 bits per heavy atom. The Bertz CT molecular complexity index is 887. The lowest BCUT2D eigenvalue weighted by Crippen LogP contribution is -2.09. The number of anilines is 2. The van der Waals surface area contributed by atoms with Gasteiger partial charge in [-0.2, -0.15) is 0 Å². The molecule has 3 aromatic rings. The Morgan fingerprint density at radius 2 is 1.91 bits per heavy atom. The maximum Gasteiger partial charge on any atom is 0.229 e. The summed E-state index contributed by atoms with van der Waals surface area (Å²) in [5.74, 6) is 0.754. The lowest BCUT2D eigenvalue weighted by molar-refractivity contribution is 0.607. The van der Waals surface area contributed by atoms with Crippen molar-refractivity contribution < 1.29 is 8.42 Å². The maximum atomic E-state index is 11.2. The molecular formula is C14H15N5O2S. The van der Waals surface area contributed by atoms with Crippen LogP contribution in [0.15, 0.2) is 42.9 Å². The Hall–Kier alpha value is -2.61. The Morgan fingerprint density at radius 3 is 2.64 bits per heavy atom. The molecule has 0 fully saturated rings. The lowest BCUT2D eigenvalue weighted by Gasteiger charge is -2.08. The normalized spacial score (nSPS) is 11.5. The van der Waals surface area contributed by atoms with Crippen LogP contribution in [-0.2, 0) is 16.6 Å². The second-order valence-corrected chi connectivity index (χ2v) is 6.64. The third-order valence-corrected chi connectivity index (χ3v) is 3.68. The van der Waals surface area contributed by atoms with Crippen LogP contribution in [0.5, 0.6) is 0 Å². The van der Waals surface area contributed by atoms with Crippen LogP contribution in [0.1, 0.15) is 5.56 Å². The van der Waals surface area contributed by atoms with Crippen LogP contribution in [0, 0.1) is 0 Å². The molecule has 0 radical (unpaired) electrons. The van der Waals surface area contributed by atoms with E-state index in [1.807, 2.05) is 24.4 Å². The van der Waals surface area contributed by atoms with E-state index in [0.29, 0.717) is 12.2 Å². The van der Waals surface area contributed by atoms with E-state index in [1.165, 1.54) is 6.33 Å². The topological polar surface area (TPSA) is 99.8 Å². The van der Waals surface area contributed by atoms with Gasteiger partial charge in [0.15, 0.2) is 0 Å². The van der Waals surface area contributed by atoms with Crippen molar-refractivity contribution >= 4 is 32.6 Å². The maximum absolute atomic E-state index is 11.2. The second kappa shape index (κ2) is 5.64. The summed E-state index contributed by atoms with van der Waals surface area (Å²) in [4.78, 5) is 11.4. The molecule has 0 spiro atoms. The van der Waals surface area contributed by atoms with Gasteiger partial charge in [-0.25, -0.2) is 18.4 Å². The molecule has 0 amide bonds. The highest BCUT2D eigenvalue weighted by atomic mass is 32.2. The first-order chi connectivity index (χ1) is 10.5. The van der Waals surface area contributed by atoms with E-state index in [4.69, 9.17) is 0 Å². The van der Waals surface area contributed by atoms with Crippen LogP contribution < -0.4 is 10.0 Å². The monoisotopic (exact) mass is 317 g/mol. The van der Waals surface area contributed by atoms with Gasteiger partial charge in [0.1, 0.15) is 17.8 Å². The molecule has 0 aliphatic rings. The number of rotatable bonds is 5. The summed E-state index contributed by atoms with van der Waals surface area (Å²) < 4.78 is 24.7. The van der Waals surface area contributed by atoms with E-state index < -0.39 is 10.0 Å². The van der Waals surface area contributed by atoms with Crippen molar-refractivity contribution in [2.45, 2.75) is 6.54 Å². The van der Waals surface area contributed by atoms with Crippen molar-refractivity contribution in [1.82, 2.24) is 15.0 Å². The number of nitrogens with one attached hydrogen (secondary N) is 3. The van der Waals surface area contributed by atoms with E-state index in [0.717, 1.165) is 28.7 Å². The van der Waals surface area contributed by atoms with Crippen LogP contribution >= 0.6 is 0 Å². The molecule has 0 aliphatic heterocycles. The van der Waals surface area contributed by atoms with Gasteiger partial charge in [0.25, 0.3) is 0 Å². The first kappa shape index (κ1) is 14.3. The number of hydrogen-bond acceptors (Lipinski definition) is 5. The highest BCUT2D eigenvalue weighted by molar-refractivity contribution is 7.92. The lowest BCUT2D eigenvalue weighted by atomic mass is 10.2. The van der Waals surface area contributed by atoms with Crippen molar-refractivity contribution in [2.75, 3.05) is 16.3 Å². The number of aromatic nitrogens is 3. The zero-order chi connectivity index (χ0) is 15.6. The minimum absolute atomic E-state index is 0.543.